The summed E-state index contributed by atoms with van der Waals surface area (Å²) in [7, 11) is 0. The minimum atomic E-state index is 0. The van der Waals surface area contributed by atoms with Gasteiger partial charge in [-0.2, -0.15) is 0 Å². The molecule has 6 rings (SSSR count). The molecule has 0 aliphatic heterocycles. The molecule has 4 aromatic carbocycles. The minimum Gasteiger partial charge on any atom is -0.872 e. The van der Waals surface area contributed by atoms with Crippen molar-refractivity contribution in [2.45, 2.75) is 41.5 Å². The molecule has 6 heteroatoms. The average Bonchev–Trinajstić information content (AvgIpc) is 2.90. The number of aryl methyl sites for hydroxylation is 6. The maximum Gasteiger partial charge on any atom is 3.00 e. The van der Waals surface area contributed by atoms with Gasteiger partial charge in [-0.05, 0) is 75.9 Å². The third kappa shape index (κ3) is 7.67. The first-order valence-corrected chi connectivity index (χ1v) is 13.5. The second-order valence-corrected chi connectivity index (χ2v) is 10.3. The molecule has 0 aliphatic carbocycles. The second kappa shape index (κ2) is 14.0. The predicted octanol–water partition coefficient (Wildman–Crippen LogP) is 6.51. The van der Waals surface area contributed by atoms with Gasteiger partial charge < -0.3 is 15.3 Å². The van der Waals surface area contributed by atoms with E-state index < -0.39 is 0 Å². The van der Waals surface area contributed by atoms with E-state index in [4.69, 9.17) is 0 Å². The van der Waals surface area contributed by atoms with E-state index in [9.17, 15) is 15.3 Å². The van der Waals surface area contributed by atoms with Gasteiger partial charge >= 0.3 is 17.4 Å². The maximum absolute atomic E-state index is 11.6. The summed E-state index contributed by atoms with van der Waals surface area (Å²) in [6, 6.07) is 27.8. The summed E-state index contributed by atoms with van der Waals surface area (Å²) in [5, 5.41) is 36.4. The van der Waals surface area contributed by atoms with Crippen molar-refractivity contribution >= 4 is 39.2 Å². The van der Waals surface area contributed by atoms with Gasteiger partial charge in [0.05, 0.1) is 11.0 Å². The Morgan fingerprint density at radius 3 is 1.36 bits per heavy atom. The summed E-state index contributed by atoms with van der Waals surface area (Å²) in [5.74, 6) is 0.0936. The van der Waals surface area contributed by atoms with E-state index in [-0.39, 0.29) is 34.6 Å². The van der Waals surface area contributed by atoms with Gasteiger partial charge in [0.25, 0.3) is 0 Å². The molecule has 0 unspecified atom stereocenters. The van der Waals surface area contributed by atoms with E-state index in [1.807, 2.05) is 90.1 Å². The van der Waals surface area contributed by atoms with Crippen molar-refractivity contribution in [2.75, 3.05) is 0 Å². The van der Waals surface area contributed by atoms with E-state index >= 15 is 0 Å². The summed E-state index contributed by atoms with van der Waals surface area (Å²) < 4.78 is 0. The third-order valence-electron chi connectivity index (χ3n) is 6.69. The molecule has 6 aromatic rings. The molecule has 2 heterocycles. The Morgan fingerprint density at radius 2 is 0.905 bits per heavy atom. The molecule has 0 bridgehead atoms. The summed E-state index contributed by atoms with van der Waals surface area (Å²) >= 11 is 0. The molecule has 42 heavy (non-hydrogen) atoms. The smallest absolute Gasteiger partial charge is 0.872 e. The van der Waals surface area contributed by atoms with Crippen molar-refractivity contribution in [3.05, 3.63) is 125 Å². The molecule has 0 N–H and O–H groups in total. The number of nitrogens with zero attached hydrogens (tertiary/aromatic N) is 2. The fraction of sp³-hybridized carbons (Fsp3) is 0.167. The number of pyridine rings is 2. The van der Waals surface area contributed by atoms with Crippen molar-refractivity contribution in [3.63, 3.8) is 0 Å². The Labute approximate surface area is 258 Å². The van der Waals surface area contributed by atoms with Crippen LogP contribution >= 0.6 is 0 Å². The molecular formula is C36H33AlN2O3. The maximum atomic E-state index is 11.6. The second-order valence-electron chi connectivity index (χ2n) is 10.3. The molecule has 0 amide bonds. The van der Waals surface area contributed by atoms with Crippen LogP contribution in [0.1, 0.15) is 33.6 Å². The van der Waals surface area contributed by atoms with Crippen LogP contribution in [0.5, 0.6) is 17.2 Å². The Balaban J connectivity index is 0.000000171. The molecule has 0 saturated heterocycles. The number of aromatic nitrogens is 2. The number of hydrogen-bond acceptors (Lipinski definition) is 5. The normalized spacial score (nSPS) is 10.2. The number of rotatable bonds is 1. The van der Waals surface area contributed by atoms with E-state index in [0.717, 1.165) is 44.4 Å². The summed E-state index contributed by atoms with van der Waals surface area (Å²) in [4.78, 5) is 8.45. The quantitative estimate of drug-likeness (QED) is 0.211. The third-order valence-corrected chi connectivity index (χ3v) is 6.69. The van der Waals surface area contributed by atoms with Crippen LogP contribution < -0.4 is 15.3 Å². The van der Waals surface area contributed by atoms with Crippen molar-refractivity contribution in [2.24, 2.45) is 0 Å². The van der Waals surface area contributed by atoms with Crippen LogP contribution in [0.4, 0.5) is 0 Å². The van der Waals surface area contributed by atoms with Crippen LogP contribution in [0, 0.1) is 41.5 Å². The van der Waals surface area contributed by atoms with Crippen LogP contribution in [-0.4, -0.2) is 27.3 Å². The van der Waals surface area contributed by atoms with E-state index in [0.29, 0.717) is 11.0 Å². The SMILES string of the molecule is Cc1cc(C)c2cccc([O-])c2n1.Cc1cc(C)c2cccc([O-])c2n1.Cc1cc(C)cc(-c2ccccc2[O-])c1.[Al+3]. The van der Waals surface area contributed by atoms with Crippen LogP contribution in [0.2, 0.25) is 0 Å². The number of hydrogen-bond donors (Lipinski definition) is 0. The van der Waals surface area contributed by atoms with Crippen molar-refractivity contribution in [3.8, 4) is 28.4 Å². The van der Waals surface area contributed by atoms with Crippen LogP contribution in [0.15, 0.2) is 91.0 Å². The van der Waals surface area contributed by atoms with Crippen LogP contribution in [0.3, 0.4) is 0 Å². The largest absolute Gasteiger partial charge is 3.00 e. The Bertz CT molecular complexity index is 1740. The molecule has 2 aromatic heterocycles. The molecule has 208 valence electrons. The van der Waals surface area contributed by atoms with Gasteiger partial charge in [0.2, 0.25) is 0 Å². The molecule has 5 nitrogen and oxygen atoms in total. The van der Waals surface area contributed by atoms with E-state index in [2.05, 4.69) is 16.0 Å². The van der Waals surface area contributed by atoms with Gasteiger partial charge in [0, 0.05) is 22.2 Å². The van der Waals surface area contributed by atoms with Crippen molar-refractivity contribution in [1.82, 2.24) is 9.97 Å². The molecule has 0 saturated carbocycles. The van der Waals surface area contributed by atoms with Gasteiger partial charge in [-0.15, -0.1) is 5.75 Å². The fourth-order valence-corrected chi connectivity index (χ4v) is 4.95. The standard InChI is InChI=1S/C14H14O.2C11H11NO.Al/c1-10-7-11(2)9-12(8-10)13-5-3-4-6-14(13)15;2*1-7-6-8(2)12-11-9(7)4-3-5-10(11)13;/h3-9,15H,1-2H3;2*3-6,13H,1-2H3;/q;;;+3/p-3. The van der Waals surface area contributed by atoms with E-state index in [1.54, 1.807) is 36.4 Å². The zero-order valence-electron chi connectivity index (χ0n) is 24.9. The monoisotopic (exact) mass is 568 g/mol. The fourth-order valence-electron chi connectivity index (χ4n) is 4.95. The number of benzene rings is 4. The van der Waals surface area contributed by atoms with E-state index in [1.165, 1.54) is 11.1 Å². The Morgan fingerprint density at radius 1 is 0.476 bits per heavy atom. The summed E-state index contributed by atoms with van der Waals surface area (Å²) in [6.07, 6.45) is 0. The first-order valence-electron chi connectivity index (χ1n) is 13.5. The first kappa shape index (κ1) is 32.2. The predicted molar refractivity (Wildman–Crippen MR) is 168 cm³/mol. The molecule has 0 radical (unpaired) electrons. The van der Waals surface area contributed by atoms with Gasteiger partial charge in [0.15, 0.2) is 0 Å². The van der Waals surface area contributed by atoms with Crippen LogP contribution in [0.25, 0.3) is 32.9 Å². The molecule has 0 spiro atoms. The molecular weight excluding hydrogens is 535 g/mol. The number of fused-ring (bicyclic) bond motifs is 2. The minimum absolute atomic E-state index is 0. The van der Waals surface area contributed by atoms with Gasteiger partial charge in [-0.3, -0.25) is 9.97 Å². The zero-order valence-corrected chi connectivity index (χ0v) is 26.0. The van der Waals surface area contributed by atoms with Gasteiger partial charge in [-0.25, -0.2) is 0 Å². The van der Waals surface area contributed by atoms with Crippen LogP contribution in [-0.2, 0) is 0 Å². The molecule has 0 atom stereocenters. The van der Waals surface area contributed by atoms with Gasteiger partial charge in [0.1, 0.15) is 0 Å². The zero-order chi connectivity index (χ0) is 29.7. The molecule has 0 aliphatic rings. The molecule has 0 fully saturated rings. The number of para-hydroxylation sites is 3. The Hall–Kier alpha value is -4.37. The summed E-state index contributed by atoms with van der Waals surface area (Å²) in [5.41, 5.74) is 9.35. The van der Waals surface area contributed by atoms with Crippen molar-refractivity contribution < 1.29 is 15.3 Å². The summed E-state index contributed by atoms with van der Waals surface area (Å²) in [6.45, 7) is 11.9. The first-order chi connectivity index (χ1) is 19.5. The van der Waals surface area contributed by atoms with Gasteiger partial charge in [-0.1, -0.05) is 101 Å². The topological polar surface area (TPSA) is 95.0 Å². The average molecular weight is 569 g/mol. The van der Waals surface area contributed by atoms with Crippen molar-refractivity contribution in [1.29, 1.82) is 0 Å². The Kier molecular flexibility index (Phi) is 10.7.